The maximum absolute atomic E-state index is 12.3. The molecular weight excluding hydrogens is 362 g/mol. The predicted molar refractivity (Wildman–Crippen MR) is 101 cm³/mol. The first kappa shape index (κ1) is 19.8. The summed E-state index contributed by atoms with van der Waals surface area (Å²) >= 11 is 0. The smallest absolute Gasteiger partial charge is 0.321 e. The molecule has 1 aromatic carbocycles. The van der Waals surface area contributed by atoms with Crippen LogP contribution in [0.1, 0.15) is 30.2 Å². The van der Waals surface area contributed by atoms with Crippen molar-refractivity contribution in [2.75, 3.05) is 27.3 Å². The highest BCUT2D eigenvalue weighted by molar-refractivity contribution is 5.94. The summed E-state index contributed by atoms with van der Waals surface area (Å²) in [6.45, 7) is 1.31. The third-order valence-electron chi connectivity index (χ3n) is 4.94. The fraction of sp³-hybridized carbons (Fsp3) is 0.400. The first-order valence-electron chi connectivity index (χ1n) is 9.27. The number of hydrogen-bond donors (Lipinski definition) is 3. The number of urea groups is 1. The van der Waals surface area contributed by atoms with Gasteiger partial charge in [0.15, 0.2) is 6.54 Å². The van der Waals surface area contributed by atoms with Gasteiger partial charge in [0, 0.05) is 18.9 Å². The molecule has 2 heterocycles. The average molecular weight is 388 g/mol. The molecule has 3 N–H and O–H groups in total. The maximum Gasteiger partial charge on any atom is 0.321 e. The summed E-state index contributed by atoms with van der Waals surface area (Å²) in [4.78, 5) is 25.4. The van der Waals surface area contributed by atoms with Gasteiger partial charge in [0.25, 0.3) is 5.91 Å². The molecule has 1 saturated heterocycles. The van der Waals surface area contributed by atoms with Gasteiger partial charge in [-0.2, -0.15) is 0 Å². The van der Waals surface area contributed by atoms with E-state index in [1.54, 1.807) is 26.4 Å². The molecule has 1 aliphatic rings. The van der Waals surface area contributed by atoms with Crippen LogP contribution in [0.3, 0.4) is 0 Å². The van der Waals surface area contributed by atoms with E-state index < -0.39 is 6.03 Å². The third kappa shape index (κ3) is 4.83. The molecule has 0 aliphatic carbocycles. The van der Waals surface area contributed by atoms with Crippen molar-refractivity contribution in [3.8, 4) is 11.5 Å². The second kappa shape index (κ2) is 9.27. The fourth-order valence-corrected chi connectivity index (χ4v) is 3.61. The summed E-state index contributed by atoms with van der Waals surface area (Å²) in [5, 5.41) is 4.99. The minimum Gasteiger partial charge on any atom is -0.497 e. The highest BCUT2D eigenvalue weighted by atomic mass is 16.5. The Morgan fingerprint density at radius 3 is 2.82 bits per heavy atom. The van der Waals surface area contributed by atoms with Gasteiger partial charge in [-0.1, -0.05) is 0 Å². The number of carbonyl (C=O) groups excluding carboxylic acids is 2. The number of carbonyl (C=O) groups is 2. The van der Waals surface area contributed by atoms with Crippen molar-refractivity contribution in [2.45, 2.75) is 25.4 Å². The zero-order valence-electron chi connectivity index (χ0n) is 16.1. The Kier molecular flexibility index (Phi) is 6.54. The highest BCUT2D eigenvalue weighted by Gasteiger charge is 2.34. The van der Waals surface area contributed by atoms with E-state index in [2.05, 4.69) is 10.6 Å². The quantitative estimate of drug-likeness (QED) is 0.659. The Labute approximate surface area is 163 Å². The number of likely N-dealkylation sites (tertiary alicyclic amines) is 1. The summed E-state index contributed by atoms with van der Waals surface area (Å²) in [5.41, 5.74) is 1.05. The predicted octanol–water partition coefficient (Wildman–Crippen LogP) is 1.04. The fourth-order valence-electron chi connectivity index (χ4n) is 3.61. The summed E-state index contributed by atoms with van der Waals surface area (Å²) in [5.74, 6) is 1.79. The molecule has 3 amide bonds. The molecule has 0 saturated carbocycles. The van der Waals surface area contributed by atoms with E-state index in [4.69, 9.17) is 13.9 Å². The molecule has 2 atom stereocenters. The zero-order valence-corrected chi connectivity index (χ0v) is 16.1. The zero-order chi connectivity index (χ0) is 19.9. The number of ether oxygens (including phenoxy) is 2. The van der Waals surface area contributed by atoms with Crippen LogP contribution in [0, 0.1) is 0 Å². The Morgan fingerprint density at radius 1 is 1.25 bits per heavy atom. The minimum absolute atomic E-state index is 0.137. The second-order valence-electron chi connectivity index (χ2n) is 6.70. The maximum atomic E-state index is 12.3. The van der Waals surface area contributed by atoms with Crippen LogP contribution in [0.5, 0.6) is 11.5 Å². The van der Waals surface area contributed by atoms with Gasteiger partial charge in [0.2, 0.25) is 0 Å². The standard InChI is InChI=1S/C20H25N3O5/c1-26-14-7-8-16(18(11-14)27-2)17-6-3-9-23(17)13-19(24)22-20(25)21-12-15-5-4-10-28-15/h4-5,7-8,10-11,17H,3,6,9,12-13H2,1-2H3,(H2,21,22,24,25)/p+1/t17-/m1/s1. The van der Waals surface area contributed by atoms with Crippen molar-refractivity contribution < 1.29 is 28.4 Å². The number of rotatable bonds is 7. The van der Waals surface area contributed by atoms with Gasteiger partial charge in [-0.25, -0.2) is 4.79 Å². The molecule has 2 aromatic rings. The Bertz CT molecular complexity index is 806. The van der Waals surface area contributed by atoms with E-state index >= 15 is 0 Å². The molecule has 0 bridgehead atoms. The number of imide groups is 1. The molecule has 3 rings (SSSR count). The van der Waals surface area contributed by atoms with E-state index in [1.165, 1.54) is 6.26 Å². The van der Waals surface area contributed by atoms with Crippen molar-refractivity contribution in [2.24, 2.45) is 0 Å². The molecule has 8 heteroatoms. The normalized spacial score (nSPS) is 18.5. The van der Waals surface area contributed by atoms with Gasteiger partial charge in [-0.15, -0.1) is 0 Å². The van der Waals surface area contributed by atoms with Crippen LogP contribution in [-0.2, 0) is 11.3 Å². The van der Waals surface area contributed by atoms with Crippen molar-refractivity contribution in [1.29, 1.82) is 0 Å². The monoisotopic (exact) mass is 388 g/mol. The van der Waals surface area contributed by atoms with Crippen molar-refractivity contribution in [3.63, 3.8) is 0 Å². The molecule has 1 aliphatic heterocycles. The van der Waals surface area contributed by atoms with Gasteiger partial charge >= 0.3 is 6.03 Å². The van der Waals surface area contributed by atoms with Gasteiger partial charge in [-0.05, 0) is 24.3 Å². The largest absolute Gasteiger partial charge is 0.497 e. The van der Waals surface area contributed by atoms with Crippen LogP contribution >= 0.6 is 0 Å². The van der Waals surface area contributed by atoms with Crippen molar-refractivity contribution in [3.05, 3.63) is 47.9 Å². The van der Waals surface area contributed by atoms with Crippen LogP contribution < -0.4 is 25.0 Å². The van der Waals surface area contributed by atoms with Crippen LogP contribution in [0.2, 0.25) is 0 Å². The lowest BCUT2D eigenvalue weighted by Gasteiger charge is -2.23. The van der Waals surface area contributed by atoms with Gasteiger partial charge in [0.1, 0.15) is 23.3 Å². The molecule has 0 spiro atoms. The summed E-state index contributed by atoms with van der Waals surface area (Å²) in [7, 11) is 3.24. The molecule has 28 heavy (non-hydrogen) atoms. The molecule has 8 nitrogen and oxygen atoms in total. The topological polar surface area (TPSA) is 94.2 Å². The van der Waals surface area contributed by atoms with Crippen LogP contribution in [0.15, 0.2) is 41.0 Å². The Morgan fingerprint density at radius 2 is 2.11 bits per heavy atom. The highest BCUT2D eigenvalue weighted by Crippen LogP contribution is 2.31. The van der Waals surface area contributed by atoms with E-state index in [9.17, 15) is 9.59 Å². The third-order valence-corrected chi connectivity index (χ3v) is 4.94. The number of benzene rings is 1. The van der Waals surface area contributed by atoms with E-state index in [1.807, 2.05) is 18.2 Å². The number of amides is 3. The summed E-state index contributed by atoms with van der Waals surface area (Å²) in [6, 6.07) is 8.84. The Hall–Kier alpha value is -3.00. The first-order chi connectivity index (χ1) is 13.6. The average Bonchev–Trinajstić information content (AvgIpc) is 3.37. The van der Waals surface area contributed by atoms with E-state index in [-0.39, 0.29) is 25.0 Å². The Balaban J connectivity index is 1.57. The number of nitrogens with one attached hydrogen (secondary N) is 3. The molecule has 1 aromatic heterocycles. The molecular formula is C20H26N3O5+. The van der Waals surface area contributed by atoms with Crippen LogP contribution in [0.25, 0.3) is 0 Å². The second-order valence-corrected chi connectivity index (χ2v) is 6.70. The van der Waals surface area contributed by atoms with Gasteiger partial charge in [-0.3, -0.25) is 10.1 Å². The minimum atomic E-state index is -0.529. The molecule has 1 fully saturated rings. The number of furan rings is 1. The summed E-state index contributed by atoms with van der Waals surface area (Å²) in [6.07, 6.45) is 3.49. The molecule has 1 unspecified atom stereocenters. The lowest BCUT2D eigenvalue weighted by atomic mass is 10.0. The summed E-state index contributed by atoms with van der Waals surface area (Å²) < 4.78 is 15.9. The number of methoxy groups -OCH3 is 2. The lowest BCUT2D eigenvalue weighted by molar-refractivity contribution is -0.910. The molecule has 0 radical (unpaired) electrons. The van der Waals surface area contributed by atoms with Crippen molar-refractivity contribution >= 4 is 11.9 Å². The number of hydrogen-bond acceptors (Lipinski definition) is 5. The van der Waals surface area contributed by atoms with Crippen LogP contribution in [-0.4, -0.2) is 39.2 Å². The van der Waals surface area contributed by atoms with E-state index in [0.29, 0.717) is 5.76 Å². The van der Waals surface area contributed by atoms with E-state index in [0.717, 1.165) is 41.3 Å². The first-order valence-corrected chi connectivity index (χ1v) is 9.27. The number of quaternary nitrogens is 1. The SMILES string of the molecule is COc1ccc([C@H]2CCC[NH+]2CC(=O)NC(=O)NCc2ccco2)c(OC)c1. The van der Waals surface area contributed by atoms with Gasteiger partial charge < -0.3 is 24.1 Å². The molecule has 150 valence electrons. The van der Waals surface area contributed by atoms with Crippen molar-refractivity contribution in [1.82, 2.24) is 10.6 Å². The van der Waals surface area contributed by atoms with Gasteiger partial charge in [0.05, 0.1) is 39.1 Å². The lowest BCUT2D eigenvalue weighted by Crippen LogP contribution is -3.11. The van der Waals surface area contributed by atoms with Crippen LogP contribution in [0.4, 0.5) is 4.79 Å².